The van der Waals surface area contributed by atoms with Gasteiger partial charge in [-0.15, -0.1) is 5.92 Å². The monoisotopic (exact) mass is 657 g/mol. The van der Waals surface area contributed by atoms with Gasteiger partial charge in [-0.2, -0.15) is 0 Å². The summed E-state index contributed by atoms with van der Waals surface area (Å²) in [4.78, 5) is 37.9. The van der Waals surface area contributed by atoms with Gasteiger partial charge < -0.3 is 34.5 Å². The lowest BCUT2D eigenvalue weighted by molar-refractivity contribution is -0.168. The zero-order chi connectivity index (χ0) is 34.5. The Balaban J connectivity index is 1.92. The third kappa shape index (κ3) is 14.1. The minimum Gasteiger partial charge on any atom is -0.481 e. The first kappa shape index (κ1) is 39.8. The number of carbonyl (C=O) groups excluding carboxylic acids is 2. The Labute approximate surface area is 280 Å². The van der Waals surface area contributed by atoms with E-state index in [9.17, 15) is 24.6 Å². The Bertz CT molecular complexity index is 1180. The molecule has 1 aliphatic rings. The van der Waals surface area contributed by atoms with E-state index in [1.807, 2.05) is 0 Å². The van der Waals surface area contributed by atoms with Crippen molar-refractivity contribution in [3.8, 4) is 17.6 Å². The molecule has 10 heteroatoms. The van der Waals surface area contributed by atoms with Gasteiger partial charge in [0, 0.05) is 19.3 Å². The van der Waals surface area contributed by atoms with Crippen LogP contribution >= 0.6 is 0 Å². The van der Waals surface area contributed by atoms with E-state index in [-0.39, 0.29) is 13.0 Å². The van der Waals surface area contributed by atoms with Gasteiger partial charge in [0.2, 0.25) is 5.91 Å². The molecule has 3 atom stereocenters. The van der Waals surface area contributed by atoms with Gasteiger partial charge in [0.15, 0.2) is 11.4 Å². The van der Waals surface area contributed by atoms with Crippen LogP contribution in [-0.4, -0.2) is 72.4 Å². The lowest BCUT2D eigenvalue weighted by atomic mass is 9.87. The number of nitrogens with one attached hydrogen (secondary N) is 1. The number of carboxylic acid groups (broad SMARTS) is 1. The van der Waals surface area contributed by atoms with Crippen molar-refractivity contribution in [1.29, 1.82) is 0 Å². The van der Waals surface area contributed by atoms with E-state index in [2.05, 4.69) is 24.1 Å². The molecule has 0 saturated carbocycles. The van der Waals surface area contributed by atoms with Crippen molar-refractivity contribution >= 4 is 17.8 Å². The molecule has 0 radical (unpaired) electrons. The van der Waals surface area contributed by atoms with E-state index >= 15 is 0 Å². The van der Waals surface area contributed by atoms with Gasteiger partial charge in [-0.05, 0) is 57.2 Å². The molecule has 10 nitrogen and oxygen atoms in total. The number of hydrogen-bond donors (Lipinski definition) is 3. The molecule has 1 aliphatic heterocycles. The van der Waals surface area contributed by atoms with Gasteiger partial charge in [0.25, 0.3) is 0 Å². The number of methoxy groups -OCH3 is 1. The van der Waals surface area contributed by atoms with Crippen molar-refractivity contribution in [3.63, 3.8) is 0 Å². The first-order chi connectivity index (χ1) is 22.6. The summed E-state index contributed by atoms with van der Waals surface area (Å²) in [5.41, 5.74) is -1.68. The molecular weight excluding hydrogens is 602 g/mol. The quantitative estimate of drug-likeness (QED) is 0.0582. The topological polar surface area (TPSA) is 141 Å². The molecule has 2 rings (SSSR count). The van der Waals surface area contributed by atoms with Crippen LogP contribution in [0.4, 0.5) is 0 Å². The van der Waals surface area contributed by atoms with Gasteiger partial charge >= 0.3 is 11.9 Å². The maximum Gasteiger partial charge on any atom is 0.336 e. The number of rotatable bonds is 23. The number of aliphatic carboxylic acids is 1. The van der Waals surface area contributed by atoms with Crippen LogP contribution in [0, 0.1) is 17.8 Å². The number of unbranched alkanes of at least 4 members (excludes halogenated alkanes) is 8. The number of benzene rings is 1. The smallest absolute Gasteiger partial charge is 0.336 e. The SMILES string of the molecule is CC#CCOc1ccc(C[C@H](NC(=O)C(/C=C/CCCCCCC2(CCCCCCC)OCCO2)C(C)(O)C(=O)O)C(=O)OC)cc1. The Morgan fingerprint density at radius 3 is 2.21 bits per heavy atom. The first-order valence-corrected chi connectivity index (χ1v) is 17.0. The molecule has 1 heterocycles. The summed E-state index contributed by atoms with van der Waals surface area (Å²) in [5, 5.41) is 23.1. The molecule has 1 aromatic rings. The van der Waals surface area contributed by atoms with E-state index in [0.717, 1.165) is 57.4 Å². The van der Waals surface area contributed by atoms with Gasteiger partial charge in [-0.3, -0.25) is 4.79 Å². The molecule has 262 valence electrons. The molecule has 47 heavy (non-hydrogen) atoms. The molecule has 1 amide bonds. The molecular formula is C37H55NO9. The number of esters is 1. The number of carboxylic acids is 1. The first-order valence-electron chi connectivity index (χ1n) is 17.0. The van der Waals surface area contributed by atoms with Crippen LogP contribution in [-0.2, 0) is 35.0 Å². The van der Waals surface area contributed by atoms with Crippen LogP contribution in [0.2, 0.25) is 0 Å². The Morgan fingerprint density at radius 1 is 1.02 bits per heavy atom. The second-order valence-electron chi connectivity index (χ2n) is 12.2. The fourth-order valence-electron chi connectivity index (χ4n) is 5.56. The standard InChI is InChI=1S/C37H55NO9/c1-5-7-9-13-16-23-37(46-26-27-47-37)24-17-14-11-10-12-15-18-31(36(3,43)35(41)42)33(39)38-32(34(40)44-4)28-29-19-21-30(22-20-29)45-25-8-6-2/h15,18-22,31-32,43H,5,7,9-14,16-17,23-28H2,1-4H3,(H,38,39)(H,41,42)/b18-15+/t31?,32-,36?/m0/s1. The predicted octanol–water partition coefficient (Wildman–Crippen LogP) is 5.74. The lowest BCUT2D eigenvalue weighted by Crippen LogP contribution is -2.53. The third-order valence-corrected chi connectivity index (χ3v) is 8.46. The fourth-order valence-corrected chi connectivity index (χ4v) is 5.56. The van der Waals surface area contributed by atoms with Gasteiger partial charge in [-0.25, -0.2) is 9.59 Å². The van der Waals surface area contributed by atoms with Crippen molar-refractivity contribution < 1.29 is 43.5 Å². The Kier molecular flexibility index (Phi) is 18.2. The minimum absolute atomic E-state index is 0.0926. The van der Waals surface area contributed by atoms with Crippen LogP contribution in [0.1, 0.15) is 103 Å². The predicted molar refractivity (Wildman–Crippen MR) is 180 cm³/mol. The normalized spacial score (nSPS) is 16.4. The summed E-state index contributed by atoms with van der Waals surface area (Å²) in [6.07, 6.45) is 15.4. The molecule has 0 aliphatic carbocycles. The van der Waals surface area contributed by atoms with Crippen LogP contribution < -0.4 is 10.1 Å². The summed E-state index contributed by atoms with van der Waals surface area (Å²) < 4.78 is 22.4. The molecule has 0 spiro atoms. The summed E-state index contributed by atoms with van der Waals surface area (Å²) in [7, 11) is 1.21. The van der Waals surface area contributed by atoms with Crippen LogP contribution in [0.3, 0.4) is 0 Å². The van der Waals surface area contributed by atoms with Gasteiger partial charge in [0.1, 0.15) is 18.4 Å². The highest BCUT2D eigenvalue weighted by molar-refractivity contribution is 5.92. The number of ether oxygens (including phenoxy) is 4. The Hall–Kier alpha value is -3.39. The summed E-state index contributed by atoms with van der Waals surface area (Å²) >= 11 is 0. The molecule has 1 saturated heterocycles. The largest absolute Gasteiger partial charge is 0.481 e. The summed E-state index contributed by atoms with van der Waals surface area (Å²) in [6, 6.07) is 5.87. The molecule has 1 fully saturated rings. The number of carbonyl (C=O) groups is 3. The molecule has 2 unspecified atom stereocenters. The maximum atomic E-state index is 13.4. The van der Waals surface area contributed by atoms with Crippen molar-refractivity contribution in [3.05, 3.63) is 42.0 Å². The van der Waals surface area contributed by atoms with Crippen LogP contribution in [0.5, 0.6) is 5.75 Å². The van der Waals surface area contributed by atoms with Gasteiger partial charge in [-0.1, -0.05) is 75.7 Å². The lowest BCUT2D eigenvalue weighted by Gasteiger charge is -2.27. The minimum atomic E-state index is -2.40. The van der Waals surface area contributed by atoms with Crippen LogP contribution in [0.15, 0.2) is 36.4 Å². The molecule has 1 aromatic carbocycles. The molecule has 3 N–H and O–H groups in total. The number of amides is 1. The van der Waals surface area contributed by atoms with Crippen molar-refractivity contribution in [2.75, 3.05) is 26.9 Å². The summed E-state index contributed by atoms with van der Waals surface area (Å²) in [5.74, 6) is 1.25. The highest BCUT2D eigenvalue weighted by atomic mass is 16.7. The van der Waals surface area contributed by atoms with E-state index in [1.165, 1.54) is 38.9 Å². The van der Waals surface area contributed by atoms with Crippen molar-refractivity contribution in [2.24, 2.45) is 5.92 Å². The molecule has 0 bridgehead atoms. The van der Waals surface area contributed by atoms with Gasteiger partial charge in [0.05, 0.1) is 26.2 Å². The second-order valence-corrected chi connectivity index (χ2v) is 12.2. The molecule has 0 aromatic heterocycles. The number of hydrogen-bond acceptors (Lipinski definition) is 8. The average Bonchev–Trinajstić information content (AvgIpc) is 3.52. The van der Waals surface area contributed by atoms with E-state index in [1.54, 1.807) is 37.3 Å². The Morgan fingerprint density at radius 2 is 1.64 bits per heavy atom. The highest BCUT2D eigenvalue weighted by Gasteiger charge is 2.43. The van der Waals surface area contributed by atoms with E-state index in [4.69, 9.17) is 18.9 Å². The maximum absolute atomic E-state index is 13.4. The second kappa shape index (κ2) is 21.5. The summed E-state index contributed by atoms with van der Waals surface area (Å²) in [6.45, 7) is 6.55. The zero-order valence-electron chi connectivity index (χ0n) is 28.7. The zero-order valence-corrected chi connectivity index (χ0v) is 28.7. The average molecular weight is 658 g/mol. The van der Waals surface area contributed by atoms with E-state index in [0.29, 0.717) is 25.4 Å². The van der Waals surface area contributed by atoms with Crippen molar-refractivity contribution in [1.82, 2.24) is 5.32 Å². The highest BCUT2D eigenvalue weighted by Crippen LogP contribution is 2.32. The number of aliphatic hydroxyl groups is 1. The fraction of sp³-hybridized carbons (Fsp3) is 0.649. The van der Waals surface area contributed by atoms with Crippen molar-refractivity contribution in [2.45, 2.75) is 122 Å². The van der Waals surface area contributed by atoms with E-state index < -0.39 is 41.2 Å². The van der Waals surface area contributed by atoms with Crippen LogP contribution in [0.25, 0.3) is 0 Å². The third-order valence-electron chi connectivity index (χ3n) is 8.46. The number of allylic oxidation sites excluding steroid dienone is 1.